The second kappa shape index (κ2) is 7.38. The summed E-state index contributed by atoms with van der Waals surface area (Å²) in [6.45, 7) is 2.95. The highest BCUT2D eigenvalue weighted by molar-refractivity contribution is 9.10. The fourth-order valence-corrected chi connectivity index (χ4v) is 3.18. The minimum atomic E-state index is -0.276. The first-order valence-electron chi connectivity index (χ1n) is 6.57. The van der Waals surface area contributed by atoms with Crippen LogP contribution in [-0.2, 0) is 13.0 Å². The third-order valence-corrected chi connectivity index (χ3v) is 4.16. The lowest BCUT2D eigenvalue weighted by Gasteiger charge is -2.15. The molecular formula is C16H16Br2FNO. The Morgan fingerprint density at radius 3 is 2.62 bits per heavy atom. The molecule has 0 radical (unpaired) electrons. The van der Waals surface area contributed by atoms with Gasteiger partial charge in [-0.2, -0.15) is 0 Å². The lowest BCUT2D eigenvalue weighted by Crippen LogP contribution is -2.07. The molecule has 0 saturated heterocycles. The van der Waals surface area contributed by atoms with Crippen LogP contribution in [-0.4, -0.2) is 6.54 Å². The zero-order valence-corrected chi connectivity index (χ0v) is 14.8. The molecule has 0 aliphatic carbocycles. The maximum absolute atomic E-state index is 13.2. The minimum absolute atomic E-state index is 0.276. The highest BCUT2D eigenvalue weighted by atomic mass is 79.9. The molecule has 2 rings (SSSR count). The molecule has 0 unspecified atom stereocenters. The molecule has 2 aromatic rings. The summed E-state index contributed by atoms with van der Waals surface area (Å²) in [6.07, 6.45) is 0.753. The molecule has 0 atom stereocenters. The molecule has 2 nitrogen and oxygen atoms in total. The van der Waals surface area contributed by atoms with Crippen molar-refractivity contribution in [2.24, 2.45) is 5.73 Å². The monoisotopic (exact) mass is 415 g/mol. The molecule has 0 amide bonds. The Labute approximate surface area is 140 Å². The van der Waals surface area contributed by atoms with Crippen molar-refractivity contribution < 1.29 is 9.13 Å². The van der Waals surface area contributed by atoms with Gasteiger partial charge < -0.3 is 10.5 Å². The number of ether oxygens (including phenoxy) is 1. The smallest absolute Gasteiger partial charge is 0.137 e. The normalized spacial score (nSPS) is 10.7. The zero-order chi connectivity index (χ0) is 15.4. The summed E-state index contributed by atoms with van der Waals surface area (Å²) in [6, 6.07) is 8.91. The largest absolute Gasteiger partial charge is 0.488 e. The maximum atomic E-state index is 13.2. The van der Waals surface area contributed by atoms with Crippen LogP contribution in [0.4, 0.5) is 4.39 Å². The first-order chi connectivity index (χ1) is 10.0. The van der Waals surface area contributed by atoms with E-state index in [-0.39, 0.29) is 5.82 Å². The molecule has 21 heavy (non-hydrogen) atoms. The molecule has 112 valence electrons. The second-order valence-electron chi connectivity index (χ2n) is 4.79. The van der Waals surface area contributed by atoms with E-state index in [1.165, 1.54) is 6.07 Å². The van der Waals surface area contributed by atoms with Crippen LogP contribution in [0.2, 0.25) is 0 Å². The van der Waals surface area contributed by atoms with Crippen LogP contribution >= 0.6 is 31.9 Å². The van der Waals surface area contributed by atoms with Crippen molar-refractivity contribution in [3.8, 4) is 5.75 Å². The van der Waals surface area contributed by atoms with Crippen molar-refractivity contribution >= 4 is 31.9 Å². The number of nitrogens with two attached hydrogens (primary N) is 1. The maximum Gasteiger partial charge on any atom is 0.137 e. The van der Waals surface area contributed by atoms with E-state index in [9.17, 15) is 4.39 Å². The summed E-state index contributed by atoms with van der Waals surface area (Å²) in [5, 5.41) is 0. The predicted molar refractivity (Wildman–Crippen MR) is 90.1 cm³/mol. The molecule has 0 fully saturated rings. The Morgan fingerprint density at radius 2 is 1.95 bits per heavy atom. The van der Waals surface area contributed by atoms with Gasteiger partial charge in [0.25, 0.3) is 0 Å². The van der Waals surface area contributed by atoms with Crippen LogP contribution in [0.25, 0.3) is 0 Å². The lowest BCUT2D eigenvalue weighted by molar-refractivity contribution is 0.300. The first-order valence-corrected chi connectivity index (χ1v) is 8.15. The molecular weight excluding hydrogens is 401 g/mol. The summed E-state index contributed by atoms with van der Waals surface area (Å²) in [5.41, 5.74) is 8.69. The van der Waals surface area contributed by atoms with E-state index < -0.39 is 0 Å². The zero-order valence-electron chi connectivity index (χ0n) is 11.6. The fraction of sp³-hybridized carbons (Fsp3) is 0.250. The molecule has 2 N–H and O–H groups in total. The van der Waals surface area contributed by atoms with E-state index in [1.54, 1.807) is 12.1 Å². The van der Waals surface area contributed by atoms with Gasteiger partial charge in [-0.15, -0.1) is 0 Å². The standard InChI is InChI=1S/C16H16Br2FNO/c1-10-6-13(17)8-12(4-5-20)16(10)21-9-11-2-3-15(19)14(18)7-11/h2-3,6-8H,4-5,9,20H2,1H3. The van der Waals surface area contributed by atoms with Gasteiger partial charge in [0.2, 0.25) is 0 Å². The van der Waals surface area contributed by atoms with E-state index >= 15 is 0 Å². The van der Waals surface area contributed by atoms with E-state index in [2.05, 4.69) is 31.9 Å². The Bertz CT molecular complexity index is 646. The topological polar surface area (TPSA) is 35.2 Å². The van der Waals surface area contributed by atoms with Crippen LogP contribution in [0.5, 0.6) is 5.75 Å². The minimum Gasteiger partial charge on any atom is -0.488 e. The average Bonchev–Trinajstić information content (AvgIpc) is 2.42. The Hall–Kier alpha value is -0.910. The summed E-state index contributed by atoms with van der Waals surface area (Å²) >= 11 is 6.67. The van der Waals surface area contributed by atoms with Crippen LogP contribution in [0.3, 0.4) is 0 Å². The lowest BCUT2D eigenvalue weighted by atomic mass is 10.1. The van der Waals surface area contributed by atoms with Crippen LogP contribution < -0.4 is 10.5 Å². The predicted octanol–water partition coefficient (Wildman–Crippen LogP) is 4.74. The van der Waals surface area contributed by atoms with E-state index in [4.69, 9.17) is 10.5 Å². The molecule has 2 aromatic carbocycles. The summed E-state index contributed by atoms with van der Waals surface area (Å²) in [4.78, 5) is 0. The van der Waals surface area contributed by atoms with Gasteiger partial charge >= 0.3 is 0 Å². The molecule has 0 aliphatic rings. The van der Waals surface area contributed by atoms with Crippen LogP contribution in [0, 0.1) is 12.7 Å². The highest BCUT2D eigenvalue weighted by Gasteiger charge is 2.09. The number of rotatable bonds is 5. The first kappa shape index (κ1) is 16.5. The van der Waals surface area contributed by atoms with Gasteiger partial charge in [0.1, 0.15) is 18.2 Å². The van der Waals surface area contributed by atoms with Crippen molar-refractivity contribution in [3.63, 3.8) is 0 Å². The SMILES string of the molecule is Cc1cc(Br)cc(CCN)c1OCc1ccc(F)c(Br)c1. The Kier molecular flexibility index (Phi) is 5.79. The van der Waals surface area contributed by atoms with Crippen molar-refractivity contribution in [3.05, 3.63) is 61.8 Å². The number of aryl methyl sites for hydroxylation is 1. The number of hydrogen-bond acceptors (Lipinski definition) is 2. The molecule has 0 aromatic heterocycles. The van der Waals surface area contributed by atoms with E-state index in [0.29, 0.717) is 17.6 Å². The van der Waals surface area contributed by atoms with Gasteiger partial charge in [0.05, 0.1) is 4.47 Å². The summed E-state index contributed by atoms with van der Waals surface area (Å²) in [7, 11) is 0. The summed E-state index contributed by atoms with van der Waals surface area (Å²) in [5.74, 6) is 0.575. The van der Waals surface area contributed by atoms with Crippen LogP contribution in [0.1, 0.15) is 16.7 Å². The van der Waals surface area contributed by atoms with Crippen molar-refractivity contribution in [1.82, 2.24) is 0 Å². The highest BCUT2D eigenvalue weighted by Crippen LogP contribution is 2.29. The second-order valence-corrected chi connectivity index (χ2v) is 6.56. The molecule has 0 saturated carbocycles. The third kappa shape index (κ3) is 4.28. The number of halogens is 3. The third-order valence-electron chi connectivity index (χ3n) is 3.10. The van der Waals surface area contributed by atoms with Gasteiger partial charge in [0, 0.05) is 4.47 Å². The van der Waals surface area contributed by atoms with Crippen molar-refractivity contribution in [2.75, 3.05) is 6.54 Å². The van der Waals surface area contributed by atoms with Gasteiger partial charge in [-0.1, -0.05) is 22.0 Å². The quantitative estimate of drug-likeness (QED) is 0.763. The average molecular weight is 417 g/mol. The molecule has 0 spiro atoms. The Morgan fingerprint density at radius 1 is 1.19 bits per heavy atom. The van der Waals surface area contributed by atoms with Gasteiger partial charge in [-0.05, 0) is 76.8 Å². The molecule has 5 heteroatoms. The van der Waals surface area contributed by atoms with Gasteiger partial charge in [0.15, 0.2) is 0 Å². The molecule has 0 aliphatic heterocycles. The van der Waals surface area contributed by atoms with Crippen LogP contribution in [0.15, 0.2) is 39.3 Å². The van der Waals surface area contributed by atoms with Gasteiger partial charge in [-0.3, -0.25) is 0 Å². The molecule has 0 heterocycles. The summed E-state index contributed by atoms with van der Waals surface area (Å²) < 4.78 is 20.6. The number of benzene rings is 2. The van der Waals surface area contributed by atoms with E-state index in [0.717, 1.165) is 33.3 Å². The fourth-order valence-electron chi connectivity index (χ4n) is 2.13. The number of hydrogen-bond donors (Lipinski definition) is 1. The van der Waals surface area contributed by atoms with Crippen molar-refractivity contribution in [1.29, 1.82) is 0 Å². The van der Waals surface area contributed by atoms with E-state index in [1.807, 2.05) is 19.1 Å². The molecule has 0 bridgehead atoms. The van der Waals surface area contributed by atoms with Gasteiger partial charge in [-0.25, -0.2) is 4.39 Å². The Balaban J connectivity index is 2.20. The van der Waals surface area contributed by atoms with Crippen molar-refractivity contribution in [2.45, 2.75) is 20.0 Å².